The molecule has 0 unspecified atom stereocenters. The van der Waals surface area contributed by atoms with Crippen molar-refractivity contribution in [2.75, 3.05) is 18.4 Å². The highest BCUT2D eigenvalue weighted by molar-refractivity contribution is 7.14. The van der Waals surface area contributed by atoms with Gasteiger partial charge < -0.3 is 15.3 Å². The first kappa shape index (κ1) is 15.4. The molecular weight excluding hydrogens is 316 g/mol. The Morgan fingerprint density at radius 2 is 2.09 bits per heavy atom. The van der Waals surface area contributed by atoms with Crippen LogP contribution in [0.25, 0.3) is 0 Å². The summed E-state index contributed by atoms with van der Waals surface area (Å²) >= 11 is 1.34. The summed E-state index contributed by atoms with van der Waals surface area (Å²) in [7, 11) is 0. The molecule has 0 bridgehead atoms. The van der Waals surface area contributed by atoms with Gasteiger partial charge in [0.1, 0.15) is 11.5 Å². The number of carbonyl (C=O) groups excluding carboxylic acids is 1. The molecular formula is C15H16N4O3S. The van der Waals surface area contributed by atoms with Crippen molar-refractivity contribution in [2.24, 2.45) is 5.92 Å². The molecule has 23 heavy (non-hydrogen) atoms. The van der Waals surface area contributed by atoms with Crippen LogP contribution in [-0.4, -0.2) is 44.9 Å². The Hall–Kier alpha value is -2.48. The minimum atomic E-state index is -0.785. The summed E-state index contributed by atoms with van der Waals surface area (Å²) in [5.74, 6) is -0.620. The molecule has 2 aromatic rings. The summed E-state index contributed by atoms with van der Waals surface area (Å²) in [5, 5.41) is 14.4. The lowest BCUT2D eigenvalue weighted by atomic mass is 9.97. The number of amides is 1. The van der Waals surface area contributed by atoms with Crippen molar-refractivity contribution in [3.05, 3.63) is 35.5 Å². The molecule has 0 saturated carbocycles. The van der Waals surface area contributed by atoms with Gasteiger partial charge in [-0.25, -0.2) is 9.97 Å². The molecule has 120 valence electrons. The largest absolute Gasteiger partial charge is 0.481 e. The van der Waals surface area contributed by atoms with Gasteiger partial charge in [0.05, 0.1) is 5.92 Å². The van der Waals surface area contributed by atoms with E-state index in [2.05, 4.69) is 15.3 Å². The maximum absolute atomic E-state index is 12.4. The average molecular weight is 332 g/mol. The van der Waals surface area contributed by atoms with Crippen molar-refractivity contribution in [1.29, 1.82) is 0 Å². The molecule has 0 radical (unpaired) electrons. The van der Waals surface area contributed by atoms with Gasteiger partial charge in [0, 0.05) is 24.7 Å². The molecule has 0 spiro atoms. The number of nitrogens with one attached hydrogen (secondary N) is 1. The standard InChI is InChI=1S/C15H16N4O3S/c20-13(19-7-4-10(5-8-19)14(21)22)11-9-23-15(17-11)18-12-3-1-2-6-16-12/h1-3,6,9-10H,4-5,7-8H2,(H,21,22)(H,16,17,18). The van der Waals surface area contributed by atoms with Gasteiger partial charge in [-0.3, -0.25) is 9.59 Å². The van der Waals surface area contributed by atoms with E-state index in [1.165, 1.54) is 11.3 Å². The Morgan fingerprint density at radius 3 is 2.74 bits per heavy atom. The lowest BCUT2D eigenvalue weighted by molar-refractivity contribution is -0.143. The lowest BCUT2D eigenvalue weighted by Gasteiger charge is -2.29. The number of rotatable bonds is 4. The third-order valence-electron chi connectivity index (χ3n) is 3.75. The molecule has 1 fully saturated rings. The summed E-state index contributed by atoms with van der Waals surface area (Å²) in [5.41, 5.74) is 0.377. The molecule has 8 heteroatoms. The molecule has 2 N–H and O–H groups in total. The van der Waals surface area contributed by atoms with Crippen LogP contribution >= 0.6 is 11.3 Å². The van der Waals surface area contributed by atoms with E-state index in [4.69, 9.17) is 5.11 Å². The number of carboxylic acid groups (broad SMARTS) is 1. The highest BCUT2D eigenvalue weighted by Crippen LogP contribution is 2.23. The van der Waals surface area contributed by atoms with Crippen molar-refractivity contribution in [3.63, 3.8) is 0 Å². The number of carbonyl (C=O) groups is 2. The zero-order valence-corrected chi connectivity index (χ0v) is 13.1. The van der Waals surface area contributed by atoms with E-state index in [1.807, 2.05) is 18.2 Å². The number of anilines is 2. The van der Waals surface area contributed by atoms with E-state index in [-0.39, 0.29) is 11.8 Å². The molecule has 7 nitrogen and oxygen atoms in total. The molecule has 1 saturated heterocycles. The number of piperidine rings is 1. The van der Waals surface area contributed by atoms with E-state index in [9.17, 15) is 9.59 Å². The van der Waals surface area contributed by atoms with Crippen LogP contribution in [0.1, 0.15) is 23.3 Å². The van der Waals surface area contributed by atoms with Crippen molar-refractivity contribution >= 4 is 34.2 Å². The van der Waals surface area contributed by atoms with Gasteiger partial charge in [-0.15, -0.1) is 11.3 Å². The lowest BCUT2D eigenvalue weighted by Crippen LogP contribution is -2.40. The fraction of sp³-hybridized carbons (Fsp3) is 0.333. The maximum atomic E-state index is 12.4. The second kappa shape index (κ2) is 6.74. The number of carboxylic acids is 1. The first-order valence-corrected chi connectivity index (χ1v) is 8.17. The topological polar surface area (TPSA) is 95.4 Å². The number of pyridine rings is 1. The number of aromatic nitrogens is 2. The smallest absolute Gasteiger partial charge is 0.306 e. The molecule has 3 rings (SSSR count). The van der Waals surface area contributed by atoms with Crippen LogP contribution in [0.3, 0.4) is 0 Å². The molecule has 1 aliphatic heterocycles. The van der Waals surface area contributed by atoms with Crippen molar-refractivity contribution in [3.8, 4) is 0 Å². The predicted octanol–water partition coefficient (Wildman–Crippen LogP) is 2.22. The minimum absolute atomic E-state index is 0.154. The number of hydrogen-bond donors (Lipinski definition) is 2. The molecule has 0 aliphatic carbocycles. The fourth-order valence-corrected chi connectivity index (χ4v) is 3.16. The third-order valence-corrected chi connectivity index (χ3v) is 4.51. The molecule has 1 amide bonds. The molecule has 2 aromatic heterocycles. The average Bonchev–Trinajstić information content (AvgIpc) is 3.03. The van der Waals surface area contributed by atoms with Gasteiger partial charge in [-0.2, -0.15) is 0 Å². The number of aliphatic carboxylic acids is 1. The van der Waals surface area contributed by atoms with Crippen LogP contribution in [-0.2, 0) is 4.79 Å². The van der Waals surface area contributed by atoms with Gasteiger partial charge in [-0.1, -0.05) is 6.07 Å². The monoisotopic (exact) mass is 332 g/mol. The van der Waals surface area contributed by atoms with E-state index < -0.39 is 5.97 Å². The Morgan fingerprint density at radius 1 is 1.30 bits per heavy atom. The number of hydrogen-bond acceptors (Lipinski definition) is 6. The Balaban J connectivity index is 1.62. The van der Waals surface area contributed by atoms with Gasteiger partial charge in [0.15, 0.2) is 5.13 Å². The summed E-state index contributed by atoms with van der Waals surface area (Å²) in [6.07, 6.45) is 2.66. The SMILES string of the molecule is O=C(O)C1CCN(C(=O)c2csc(Nc3ccccn3)n2)CC1. The van der Waals surface area contributed by atoms with Crippen molar-refractivity contribution in [2.45, 2.75) is 12.8 Å². The van der Waals surface area contributed by atoms with Crippen molar-refractivity contribution in [1.82, 2.24) is 14.9 Å². The molecule has 0 atom stereocenters. The zero-order chi connectivity index (χ0) is 16.2. The Kier molecular flexibility index (Phi) is 4.52. The maximum Gasteiger partial charge on any atom is 0.306 e. The van der Waals surface area contributed by atoms with Crippen LogP contribution in [0.5, 0.6) is 0 Å². The van der Waals surface area contributed by atoms with Crippen LogP contribution in [0, 0.1) is 5.92 Å². The van der Waals surface area contributed by atoms with Crippen LogP contribution in [0.4, 0.5) is 10.9 Å². The second-order valence-corrected chi connectivity index (χ2v) is 6.14. The molecule has 3 heterocycles. The first-order valence-electron chi connectivity index (χ1n) is 7.29. The Labute approximate surface area is 137 Å². The third kappa shape index (κ3) is 3.65. The van der Waals surface area contributed by atoms with Gasteiger partial charge >= 0.3 is 5.97 Å². The van der Waals surface area contributed by atoms with E-state index in [0.29, 0.717) is 42.6 Å². The fourth-order valence-electron chi connectivity index (χ4n) is 2.47. The zero-order valence-electron chi connectivity index (χ0n) is 12.3. The highest BCUT2D eigenvalue weighted by atomic mass is 32.1. The van der Waals surface area contributed by atoms with Gasteiger partial charge in [0.2, 0.25) is 0 Å². The number of likely N-dealkylation sites (tertiary alicyclic amines) is 1. The van der Waals surface area contributed by atoms with Gasteiger partial charge in [-0.05, 0) is 25.0 Å². The molecule has 0 aromatic carbocycles. The van der Waals surface area contributed by atoms with E-state index >= 15 is 0 Å². The minimum Gasteiger partial charge on any atom is -0.481 e. The predicted molar refractivity (Wildman–Crippen MR) is 85.9 cm³/mol. The van der Waals surface area contributed by atoms with Gasteiger partial charge in [0.25, 0.3) is 5.91 Å². The summed E-state index contributed by atoms with van der Waals surface area (Å²) < 4.78 is 0. The van der Waals surface area contributed by atoms with Crippen LogP contribution < -0.4 is 5.32 Å². The number of thiazole rings is 1. The van der Waals surface area contributed by atoms with Crippen LogP contribution in [0.15, 0.2) is 29.8 Å². The summed E-state index contributed by atoms with van der Waals surface area (Å²) in [6, 6.07) is 5.50. The molecule has 1 aliphatic rings. The first-order chi connectivity index (χ1) is 11.1. The van der Waals surface area contributed by atoms with E-state index in [1.54, 1.807) is 16.5 Å². The summed E-state index contributed by atoms with van der Waals surface area (Å²) in [4.78, 5) is 33.5. The normalized spacial score (nSPS) is 15.4. The quantitative estimate of drug-likeness (QED) is 0.891. The summed E-state index contributed by atoms with van der Waals surface area (Å²) in [6.45, 7) is 0.909. The van der Waals surface area contributed by atoms with Crippen LogP contribution in [0.2, 0.25) is 0 Å². The van der Waals surface area contributed by atoms with E-state index in [0.717, 1.165) is 0 Å². The second-order valence-electron chi connectivity index (χ2n) is 5.28. The number of nitrogens with zero attached hydrogens (tertiary/aromatic N) is 3. The van der Waals surface area contributed by atoms with Crippen molar-refractivity contribution < 1.29 is 14.7 Å². The Bertz CT molecular complexity index is 696. The highest BCUT2D eigenvalue weighted by Gasteiger charge is 2.28.